The second-order valence-electron chi connectivity index (χ2n) is 5.56. The summed E-state index contributed by atoms with van der Waals surface area (Å²) in [6.45, 7) is 5.23. The van der Waals surface area contributed by atoms with Crippen LogP contribution in [-0.2, 0) is 14.3 Å². The molecule has 134 valence electrons. The summed E-state index contributed by atoms with van der Waals surface area (Å²) in [5.41, 5.74) is 0.809. The van der Waals surface area contributed by atoms with Gasteiger partial charge in [-0.15, -0.1) is 0 Å². The van der Waals surface area contributed by atoms with Crippen LogP contribution in [0.1, 0.15) is 36.8 Å². The minimum absolute atomic E-state index is 0.0146. The normalized spacial score (nSPS) is 11.1. The first-order valence-corrected chi connectivity index (χ1v) is 8.11. The zero-order valence-electron chi connectivity index (χ0n) is 14.8. The molecule has 1 aromatic heterocycles. The molecule has 0 N–H and O–H groups in total. The summed E-state index contributed by atoms with van der Waals surface area (Å²) in [5.74, 6) is -1.40. The maximum absolute atomic E-state index is 12.2. The van der Waals surface area contributed by atoms with Crippen molar-refractivity contribution in [3.05, 3.63) is 53.4 Å². The molecule has 0 bridgehead atoms. The Bertz CT molecular complexity index is 861. The first-order chi connectivity index (χ1) is 12.5. The molecule has 0 spiro atoms. The van der Waals surface area contributed by atoms with E-state index in [1.807, 2.05) is 30.3 Å². The average Bonchev–Trinajstić information content (AvgIpc) is 3.04. The third kappa shape index (κ3) is 4.57. The van der Waals surface area contributed by atoms with Crippen LogP contribution in [0.25, 0.3) is 11.8 Å². The molecular formula is C19H19N3O4. The molecule has 0 saturated carbocycles. The second-order valence-corrected chi connectivity index (χ2v) is 5.56. The lowest BCUT2D eigenvalue weighted by Crippen LogP contribution is -2.13. The highest BCUT2D eigenvalue weighted by atomic mass is 16.5. The third-order valence-electron chi connectivity index (χ3n) is 3.22. The molecule has 0 unspecified atom stereocenters. The number of nitriles is 1. The van der Waals surface area contributed by atoms with Gasteiger partial charge in [0.1, 0.15) is 11.6 Å². The Morgan fingerprint density at radius 3 is 2.58 bits per heavy atom. The Hall–Kier alpha value is -3.40. The van der Waals surface area contributed by atoms with Crippen LogP contribution in [0.2, 0.25) is 0 Å². The summed E-state index contributed by atoms with van der Waals surface area (Å²) in [6, 6.07) is 10.9. The number of ether oxygens (including phenoxy) is 2. The van der Waals surface area contributed by atoms with Crippen LogP contribution in [0.3, 0.4) is 0 Å². The summed E-state index contributed by atoms with van der Waals surface area (Å²) < 4.78 is 11.5. The summed E-state index contributed by atoms with van der Waals surface area (Å²) in [4.78, 5) is 24.2. The number of carbonyl (C=O) groups excluding carboxylic acids is 2. The smallest absolute Gasteiger partial charge is 0.359 e. The van der Waals surface area contributed by atoms with E-state index in [2.05, 4.69) is 5.10 Å². The molecule has 0 aliphatic rings. The molecule has 0 amide bonds. The van der Waals surface area contributed by atoms with Crippen molar-refractivity contribution >= 4 is 18.0 Å². The van der Waals surface area contributed by atoms with Gasteiger partial charge in [-0.1, -0.05) is 18.2 Å². The van der Waals surface area contributed by atoms with Crippen molar-refractivity contribution in [3.63, 3.8) is 0 Å². The largest absolute Gasteiger partial charge is 0.461 e. The molecule has 1 heterocycles. The van der Waals surface area contributed by atoms with Gasteiger partial charge in [-0.2, -0.15) is 10.4 Å². The van der Waals surface area contributed by atoms with Gasteiger partial charge in [0.2, 0.25) is 0 Å². The molecule has 1 aromatic carbocycles. The molecule has 2 aromatic rings. The highest BCUT2D eigenvalue weighted by Crippen LogP contribution is 2.17. The van der Waals surface area contributed by atoms with Crippen LogP contribution >= 0.6 is 0 Å². The topological polar surface area (TPSA) is 94.2 Å². The van der Waals surface area contributed by atoms with Crippen molar-refractivity contribution in [2.75, 3.05) is 6.61 Å². The summed E-state index contributed by atoms with van der Waals surface area (Å²) in [7, 11) is 0. The fourth-order valence-electron chi connectivity index (χ4n) is 2.13. The lowest BCUT2D eigenvalue weighted by Gasteiger charge is -2.06. The Morgan fingerprint density at radius 2 is 2.00 bits per heavy atom. The first-order valence-electron chi connectivity index (χ1n) is 8.11. The number of aromatic nitrogens is 2. The molecule has 0 aliphatic heterocycles. The van der Waals surface area contributed by atoms with Crippen LogP contribution < -0.4 is 0 Å². The minimum Gasteiger partial charge on any atom is -0.461 e. The zero-order valence-corrected chi connectivity index (χ0v) is 14.8. The molecule has 2 rings (SSSR count). The van der Waals surface area contributed by atoms with Gasteiger partial charge in [-0.3, -0.25) is 0 Å². The van der Waals surface area contributed by atoms with E-state index < -0.39 is 11.9 Å². The van der Waals surface area contributed by atoms with Gasteiger partial charge in [0, 0.05) is 11.8 Å². The molecule has 0 radical (unpaired) electrons. The van der Waals surface area contributed by atoms with Gasteiger partial charge in [-0.25, -0.2) is 14.3 Å². The Morgan fingerprint density at radius 1 is 1.31 bits per heavy atom. The molecular weight excluding hydrogens is 334 g/mol. The van der Waals surface area contributed by atoms with Crippen LogP contribution in [0, 0.1) is 11.3 Å². The quantitative estimate of drug-likeness (QED) is 0.450. The Kier molecular flexibility index (Phi) is 6.28. The monoisotopic (exact) mass is 353 g/mol. The van der Waals surface area contributed by atoms with Gasteiger partial charge in [0.25, 0.3) is 0 Å². The van der Waals surface area contributed by atoms with Crippen molar-refractivity contribution in [2.24, 2.45) is 0 Å². The predicted molar refractivity (Wildman–Crippen MR) is 94.3 cm³/mol. The second kappa shape index (κ2) is 8.62. The molecule has 0 atom stereocenters. The SMILES string of the molecule is CCOC(=O)c1nn(-c2ccccc2)cc1/C=C(/C#N)C(=O)OC(C)C. The van der Waals surface area contributed by atoms with Crippen molar-refractivity contribution in [3.8, 4) is 11.8 Å². The number of nitrogens with zero attached hydrogens (tertiary/aromatic N) is 3. The zero-order chi connectivity index (χ0) is 19.1. The van der Waals surface area contributed by atoms with E-state index in [4.69, 9.17) is 9.47 Å². The third-order valence-corrected chi connectivity index (χ3v) is 3.22. The Labute approximate surface area is 151 Å². The predicted octanol–water partition coefficient (Wildman–Crippen LogP) is 2.91. The summed E-state index contributed by atoms with van der Waals surface area (Å²) in [5, 5.41) is 13.5. The number of benzene rings is 1. The fourth-order valence-corrected chi connectivity index (χ4v) is 2.13. The van der Waals surface area contributed by atoms with Gasteiger partial charge in [-0.05, 0) is 39.0 Å². The number of rotatable bonds is 6. The lowest BCUT2D eigenvalue weighted by molar-refractivity contribution is -0.142. The number of para-hydroxylation sites is 1. The Balaban J connectivity index is 2.50. The van der Waals surface area contributed by atoms with E-state index in [9.17, 15) is 14.9 Å². The lowest BCUT2D eigenvalue weighted by atomic mass is 10.1. The van der Waals surface area contributed by atoms with Gasteiger partial charge < -0.3 is 9.47 Å². The fraction of sp³-hybridized carbons (Fsp3) is 0.263. The van der Waals surface area contributed by atoms with Crippen LogP contribution in [0.15, 0.2) is 42.1 Å². The van der Waals surface area contributed by atoms with Crippen molar-refractivity contribution in [1.29, 1.82) is 5.26 Å². The van der Waals surface area contributed by atoms with E-state index in [-0.39, 0.29) is 24.0 Å². The highest BCUT2D eigenvalue weighted by Gasteiger charge is 2.20. The first kappa shape index (κ1) is 18.9. The van der Waals surface area contributed by atoms with E-state index in [0.717, 1.165) is 5.69 Å². The molecule has 7 heteroatoms. The molecule has 0 aliphatic carbocycles. The van der Waals surface area contributed by atoms with E-state index in [0.29, 0.717) is 5.56 Å². The van der Waals surface area contributed by atoms with E-state index in [1.54, 1.807) is 33.0 Å². The number of esters is 2. The van der Waals surface area contributed by atoms with Crippen LogP contribution in [0.4, 0.5) is 0 Å². The minimum atomic E-state index is -0.759. The van der Waals surface area contributed by atoms with Crippen molar-refractivity contribution < 1.29 is 19.1 Å². The number of hydrogen-bond acceptors (Lipinski definition) is 6. The maximum Gasteiger partial charge on any atom is 0.359 e. The van der Waals surface area contributed by atoms with Crippen LogP contribution in [-0.4, -0.2) is 34.4 Å². The van der Waals surface area contributed by atoms with Crippen molar-refractivity contribution in [1.82, 2.24) is 9.78 Å². The molecule has 26 heavy (non-hydrogen) atoms. The molecule has 0 saturated heterocycles. The average molecular weight is 353 g/mol. The molecule has 0 fully saturated rings. The van der Waals surface area contributed by atoms with Crippen molar-refractivity contribution in [2.45, 2.75) is 26.9 Å². The standard InChI is InChI=1S/C19H19N3O4/c1-4-25-19(24)17-15(10-14(11-20)18(23)26-13(2)3)12-22(21-17)16-8-6-5-7-9-16/h5-10,12-13H,4H2,1-3H3/b14-10-. The van der Waals surface area contributed by atoms with Gasteiger partial charge in [0.05, 0.1) is 18.4 Å². The number of carbonyl (C=O) groups is 2. The number of hydrogen-bond donors (Lipinski definition) is 0. The highest BCUT2D eigenvalue weighted by molar-refractivity contribution is 6.00. The maximum atomic E-state index is 12.2. The van der Waals surface area contributed by atoms with Gasteiger partial charge in [0.15, 0.2) is 5.69 Å². The summed E-state index contributed by atoms with van der Waals surface area (Å²) in [6.07, 6.45) is 2.47. The summed E-state index contributed by atoms with van der Waals surface area (Å²) >= 11 is 0. The van der Waals surface area contributed by atoms with E-state index in [1.165, 1.54) is 10.8 Å². The molecule has 7 nitrogen and oxygen atoms in total. The van der Waals surface area contributed by atoms with E-state index >= 15 is 0 Å². The van der Waals surface area contributed by atoms with Crippen LogP contribution in [0.5, 0.6) is 0 Å². The van der Waals surface area contributed by atoms with Gasteiger partial charge >= 0.3 is 11.9 Å².